The lowest BCUT2D eigenvalue weighted by Gasteiger charge is -2.14. The number of carbonyl (C=O) groups is 2. The first-order valence-electron chi connectivity index (χ1n) is 10.7. The summed E-state index contributed by atoms with van der Waals surface area (Å²) < 4.78 is 27.8. The molecule has 8 heteroatoms. The van der Waals surface area contributed by atoms with Gasteiger partial charge >= 0.3 is 0 Å². The fourth-order valence-corrected chi connectivity index (χ4v) is 3.93. The molecule has 0 aromatic heterocycles. The van der Waals surface area contributed by atoms with Crippen molar-refractivity contribution in [2.24, 2.45) is 0 Å². The third kappa shape index (κ3) is 4.81. The maximum Gasteiger partial charge on any atom is 0.232 e. The van der Waals surface area contributed by atoms with Crippen molar-refractivity contribution < 1.29 is 33.3 Å². The van der Waals surface area contributed by atoms with Gasteiger partial charge in [0.25, 0.3) is 0 Å². The molecule has 1 heterocycles. The van der Waals surface area contributed by atoms with Gasteiger partial charge in [-0.25, -0.2) is 0 Å². The van der Waals surface area contributed by atoms with Crippen LogP contribution in [0, 0.1) is 6.92 Å². The van der Waals surface area contributed by atoms with Crippen molar-refractivity contribution in [3.8, 4) is 28.7 Å². The summed E-state index contributed by atoms with van der Waals surface area (Å²) in [6.45, 7) is 1.62. The van der Waals surface area contributed by atoms with Gasteiger partial charge in [-0.05, 0) is 61.0 Å². The highest BCUT2D eigenvalue weighted by molar-refractivity contribution is 6.30. The molecular formula is C27H23ClO7. The Labute approximate surface area is 207 Å². The Morgan fingerprint density at radius 1 is 0.971 bits per heavy atom. The highest BCUT2D eigenvalue weighted by Gasteiger charge is 2.31. The Morgan fingerprint density at radius 2 is 1.69 bits per heavy atom. The summed E-state index contributed by atoms with van der Waals surface area (Å²) in [4.78, 5) is 25.5. The van der Waals surface area contributed by atoms with Crippen molar-refractivity contribution in [3.05, 3.63) is 81.6 Å². The predicted molar refractivity (Wildman–Crippen MR) is 131 cm³/mol. The van der Waals surface area contributed by atoms with Crippen molar-refractivity contribution in [3.63, 3.8) is 0 Å². The number of carbonyl (C=O) groups excluding carboxylic acids is 2. The molecule has 0 saturated heterocycles. The van der Waals surface area contributed by atoms with Gasteiger partial charge in [-0.3, -0.25) is 9.59 Å². The number of benzene rings is 3. The van der Waals surface area contributed by atoms with Crippen molar-refractivity contribution >= 4 is 29.2 Å². The van der Waals surface area contributed by atoms with Crippen LogP contribution in [0.15, 0.2) is 54.3 Å². The number of aryl methyl sites for hydroxylation is 1. The lowest BCUT2D eigenvalue weighted by Crippen LogP contribution is -2.11. The first kappa shape index (κ1) is 24.2. The van der Waals surface area contributed by atoms with Gasteiger partial charge in [0.05, 0.1) is 26.9 Å². The van der Waals surface area contributed by atoms with Crippen LogP contribution >= 0.6 is 11.6 Å². The number of halogens is 1. The number of Topliss-reactive ketones (excluding diaryl/α,β-unsaturated/α-hetero) is 2. The SMILES string of the molecule is COc1ccc(/C=C2\Oc3cc(OCC(=O)c4ccc(Cl)cc4)cc(C)c3C2=O)c(OC)c1OC. The molecule has 0 saturated carbocycles. The Morgan fingerprint density at radius 3 is 2.34 bits per heavy atom. The monoisotopic (exact) mass is 494 g/mol. The van der Waals surface area contributed by atoms with E-state index >= 15 is 0 Å². The number of ketones is 2. The number of ether oxygens (including phenoxy) is 5. The number of fused-ring (bicyclic) bond motifs is 1. The fraction of sp³-hybridized carbons (Fsp3) is 0.185. The van der Waals surface area contributed by atoms with E-state index in [1.54, 1.807) is 61.5 Å². The molecule has 35 heavy (non-hydrogen) atoms. The van der Waals surface area contributed by atoms with Crippen molar-refractivity contribution in [1.82, 2.24) is 0 Å². The molecule has 0 aliphatic carbocycles. The highest BCUT2D eigenvalue weighted by Crippen LogP contribution is 2.42. The van der Waals surface area contributed by atoms with Gasteiger partial charge in [-0.2, -0.15) is 0 Å². The van der Waals surface area contributed by atoms with Gasteiger partial charge in [0.1, 0.15) is 11.5 Å². The second-order valence-electron chi connectivity index (χ2n) is 7.70. The summed E-state index contributed by atoms with van der Waals surface area (Å²) in [5, 5.41) is 0.549. The van der Waals surface area contributed by atoms with Gasteiger partial charge in [-0.15, -0.1) is 0 Å². The van der Waals surface area contributed by atoms with E-state index < -0.39 is 0 Å². The summed E-state index contributed by atoms with van der Waals surface area (Å²) in [6, 6.07) is 13.3. The number of methoxy groups -OCH3 is 3. The van der Waals surface area contributed by atoms with Gasteiger partial charge in [-0.1, -0.05) is 11.6 Å². The molecule has 0 N–H and O–H groups in total. The predicted octanol–water partition coefficient (Wildman–Crippen LogP) is 5.55. The van der Waals surface area contributed by atoms with Crippen molar-refractivity contribution in [2.75, 3.05) is 27.9 Å². The lowest BCUT2D eigenvalue weighted by atomic mass is 10.0. The second-order valence-corrected chi connectivity index (χ2v) is 8.13. The van der Waals surface area contributed by atoms with Gasteiger partial charge in [0.2, 0.25) is 11.5 Å². The van der Waals surface area contributed by atoms with Gasteiger partial charge in [0.15, 0.2) is 29.6 Å². The van der Waals surface area contributed by atoms with E-state index in [1.807, 2.05) is 0 Å². The Hall–Kier alpha value is -3.97. The normalized spacial score (nSPS) is 13.3. The maximum atomic E-state index is 13.1. The Bertz CT molecular complexity index is 1330. The zero-order valence-electron chi connectivity index (χ0n) is 19.6. The highest BCUT2D eigenvalue weighted by atomic mass is 35.5. The summed E-state index contributed by atoms with van der Waals surface area (Å²) in [5.74, 6) is 1.76. The molecule has 1 aliphatic heterocycles. The number of hydrogen-bond donors (Lipinski definition) is 0. The molecule has 0 bridgehead atoms. The van der Waals surface area contributed by atoms with Crippen LogP contribution in [0.2, 0.25) is 5.02 Å². The summed E-state index contributed by atoms with van der Waals surface area (Å²) in [5.41, 5.74) is 2.19. The van der Waals surface area contributed by atoms with E-state index in [0.29, 0.717) is 56.0 Å². The number of rotatable bonds is 8. The molecule has 180 valence electrons. The zero-order valence-corrected chi connectivity index (χ0v) is 20.4. The van der Waals surface area contributed by atoms with Crippen molar-refractivity contribution in [2.45, 2.75) is 6.92 Å². The summed E-state index contributed by atoms with van der Waals surface area (Å²) >= 11 is 5.87. The molecule has 0 amide bonds. The van der Waals surface area contributed by atoms with E-state index in [-0.39, 0.29) is 23.9 Å². The lowest BCUT2D eigenvalue weighted by molar-refractivity contribution is 0.0920. The van der Waals surface area contributed by atoms with Crippen LogP contribution in [0.1, 0.15) is 31.8 Å². The Balaban J connectivity index is 1.58. The zero-order chi connectivity index (χ0) is 25.1. The quantitative estimate of drug-likeness (QED) is 0.300. The largest absolute Gasteiger partial charge is 0.493 e. The standard InChI is InChI=1S/C27H23ClO7/c1-15-11-19(34-14-20(29)16-5-8-18(28)9-6-16)13-22-24(15)25(30)23(35-22)12-17-7-10-21(31-2)27(33-4)26(17)32-3/h5-13H,14H2,1-4H3/b23-12-. The van der Waals surface area contributed by atoms with Crippen molar-refractivity contribution in [1.29, 1.82) is 0 Å². The van der Waals surface area contributed by atoms with Crippen LogP contribution in [-0.4, -0.2) is 39.5 Å². The average Bonchev–Trinajstić information content (AvgIpc) is 3.17. The van der Waals surface area contributed by atoms with E-state index in [0.717, 1.165) is 0 Å². The van der Waals surface area contributed by atoms with Crippen LogP contribution in [-0.2, 0) is 0 Å². The molecule has 0 unspecified atom stereocenters. The van der Waals surface area contributed by atoms with Crippen LogP contribution in [0.25, 0.3) is 6.08 Å². The minimum Gasteiger partial charge on any atom is -0.493 e. The first-order chi connectivity index (χ1) is 16.9. The third-order valence-corrected chi connectivity index (χ3v) is 5.75. The van der Waals surface area contributed by atoms with Crippen LogP contribution in [0.3, 0.4) is 0 Å². The number of allylic oxidation sites excluding steroid dienone is 1. The molecular weight excluding hydrogens is 472 g/mol. The molecule has 7 nitrogen and oxygen atoms in total. The minimum atomic E-state index is -0.266. The Kier molecular flexibility index (Phi) is 6.98. The molecule has 1 aliphatic rings. The van der Waals surface area contributed by atoms with E-state index in [2.05, 4.69) is 0 Å². The summed E-state index contributed by atoms with van der Waals surface area (Å²) in [7, 11) is 4.54. The first-order valence-corrected chi connectivity index (χ1v) is 11.0. The summed E-state index contributed by atoms with van der Waals surface area (Å²) in [6.07, 6.45) is 1.59. The number of hydrogen-bond acceptors (Lipinski definition) is 7. The maximum absolute atomic E-state index is 13.1. The van der Waals surface area contributed by atoms with Crippen LogP contribution in [0.5, 0.6) is 28.7 Å². The smallest absolute Gasteiger partial charge is 0.232 e. The topological polar surface area (TPSA) is 80.3 Å². The molecule has 0 fully saturated rings. The molecule has 3 aromatic carbocycles. The van der Waals surface area contributed by atoms with E-state index in [1.165, 1.54) is 21.3 Å². The molecule has 0 atom stereocenters. The van der Waals surface area contributed by atoms with E-state index in [9.17, 15) is 9.59 Å². The third-order valence-electron chi connectivity index (χ3n) is 5.50. The second kappa shape index (κ2) is 10.1. The molecule has 0 radical (unpaired) electrons. The van der Waals surface area contributed by atoms with Gasteiger partial charge in [0, 0.05) is 22.2 Å². The average molecular weight is 495 g/mol. The van der Waals surface area contributed by atoms with Crippen LogP contribution in [0.4, 0.5) is 0 Å². The molecule has 3 aromatic rings. The minimum absolute atomic E-state index is 0.128. The van der Waals surface area contributed by atoms with E-state index in [4.69, 9.17) is 35.3 Å². The van der Waals surface area contributed by atoms with Gasteiger partial charge < -0.3 is 23.7 Å². The molecule has 0 spiro atoms. The fourth-order valence-electron chi connectivity index (χ4n) is 3.81. The van der Waals surface area contributed by atoms with Crippen LogP contribution < -0.4 is 23.7 Å². The molecule has 4 rings (SSSR count).